The Balaban J connectivity index is 1.24. The number of carbonyl (C=O) groups is 1. The third-order valence-corrected chi connectivity index (χ3v) is 7.36. The van der Waals surface area contributed by atoms with Crippen molar-refractivity contribution in [3.63, 3.8) is 0 Å². The normalized spacial score (nSPS) is 13.4. The molecular formula is C29H31N5O2S. The monoisotopic (exact) mass is 513 g/mol. The van der Waals surface area contributed by atoms with Crippen molar-refractivity contribution in [1.29, 1.82) is 0 Å². The summed E-state index contributed by atoms with van der Waals surface area (Å²) >= 11 is 1.36. The zero-order valence-corrected chi connectivity index (χ0v) is 21.8. The maximum Gasteiger partial charge on any atom is 0.242 e. The first-order valence-corrected chi connectivity index (χ1v) is 13.3. The van der Waals surface area contributed by atoms with Crippen LogP contribution < -0.4 is 14.5 Å². The maximum absolute atomic E-state index is 13.4. The molecule has 0 saturated carbocycles. The van der Waals surface area contributed by atoms with E-state index in [4.69, 9.17) is 9.72 Å². The van der Waals surface area contributed by atoms with Crippen LogP contribution in [0.5, 0.6) is 5.75 Å². The second-order valence-electron chi connectivity index (χ2n) is 9.06. The number of anilines is 2. The molecular weight excluding hydrogens is 482 g/mol. The minimum atomic E-state index is 0.116. The van der Waals surface area contributed by atoms with Gasteiger partial charge in [-0.1, -0.05) is 60.7 Å². The molecule has 0 bridgehead atoms. The second kappa shape index (κ2) is 11.9. The Morgan fingerprint density at radius 3 is 2.19 bits per heavy atom. The summed E-state index contributed by atoms with van der Waals surface area (Å²) in [6, 6.07) is 28.5. The Bertz CT molecular complexity index is 1270. The molecule has 0 atom stereocenters. The fourth-order valence-electron chi connectivity index (χ4n) is 4.49. The number of ether oxygens (including phenoxy) is 1. The summed E-state index contributed by atoms with van der Waals surface area (Å²) in [6.07, 6.45) is 0.678. The van der Waals surface area contributed by atoms with Crippen LogP contribution in [-0.4, -0.2) is 60.0 Å². The molecule has 37 heavy (non-hydrogen) atoms. The Morgan fingerprint density at radius 1 is 0.892 bits per heavy atom. The number of hydrogen-bond acceptors (Lipinski definition) is 7. The van der Waals surface area contributed by atoms with Crippen LogP contribution in [0.25, 0.3) is 0 Å². The van der Waals surface area contributed by atoms with E-state index in [1.165, 1.54) is 17.1 Å². The molecule has 0 radical (unpaired) electrons. The lowest BCUT2D eigenvalue weighted by molar-refractivity contribution is -0.130. The summed E-state index contributed by atoms with van der Waals surface area (Å²) in [5.74, 6) is 1.75. The van der Waals surface area contributed by atoms with Crippen LogP contribution in [0.3, 0.4) is 0 Å². The zero-order valence-electron chi connectivity index (χ0n) is 21.0. The van der Waals surface area contributed by atoms with Gasteiger partial charge in [0.15, 0.2) is 0 Å². The van der Waals surface area contributed by atoms with Gasteiger partial charge in [-0.05, 0) is 35.4 Å². The molecule has 2 heterocycles. The van der Waals surface area contributed by atoms with Crippen molar-refractivity contribution in [3.05, 3.63) is 102 Å². The molecule has 0 spiro atoms. The Labute approximate surface area is 222 Å². The van der Waals surface area contributed by atoms with Gasteiger partial charge in [-0.2, -0.15) is 4.37 Å². The van der Waals surface area contributed by atoms with Gasteiger partial charge in [0.05, 0.1) is 13.7 Å². The summed E-state index contributed by atoms with van der Waals surface area (Å²) in [6.45, 7) is 3.88. The SMILES string of the molecule is COc1ccc(N2CCN(C(=O)CN(Cc3ccccc3)c3nc(Cc4ccccc4)ns3)CC2)cc1. The standard InChI is InChI=1S/C29H31N5O2S/c1-36-26-14-12-25(13-15-26)32-16-18-33(19-17-32)28(35)22-34(21-24-10-6-3-7-11-24)29-30-27(31-37-29)20-23-8-4-2-5-9-23/h2-15H,16-22H2,1H3. The number of hydrogen-bond donors (Lipinski definition) is 0. The van der Waals surface area contributed by atoms with Gasteiger partial charge in [0.25, 0.3) is 0 Å². The van der Waals surface area contributed by atoms with Crippen molar-refractivity contribution < 1.29 is 9.53 Å². The van der Waals surface area contributed by atoms with Crippen molar-refractivity contribution in [3.8, 4) is 5.75 Å². The van der Waals surface area contributed by atoms with Gasteiger partial charge in [0, 0.05) is 56.4 Å². The molecule has 0 N–H and O–H groups in total. The van der Waals surface area contributed by atoms with Crippen LogP contribution in [0.15, 0.2) is 84.9 Å². The zero-order chi connectivity index (χ0) is 25.5. The number of amides is 1. The molecule has 3 aromatic carbocycles. The van der Waals surface area contributed by atoms with E-state index in [1.807, 2.05) is 53.4 Å². The highest BCUT2D eigenvalue weighted by atomic mass is 32.1. The van der Waals surface area contributed by atoms with Crippen LogP contribution in [-0.2, 0) is 17.8 Å². The smallest absolute Gasteiger partial charge is 0.242 e. The highest BCUT2D eigenvalue weighted by Gasteiger charge is 2.24. The van der Waals surface area contributed by atoms with E-state index < -0.39 is 0 Å². The average molecular weight is 514 g/mol. The molecule has 8 heteroatoms. The second-order valence-corrected chi connectivity index (χ2v) is 9.79. The highest BCUT2D eigenvalue weighted by Crippen LogP contribution is 2.23. The van der Waals surface area contributed by atoms with Crippen molar-refractivity contribution >= 4 is 28.3 Å². The molecule has 5 rings (SSSR count). The number of carbonyl (C=O) groups excluding carboxylic acids is 1. The van der Waals surface area contributed by atoms with Crippen molar-refractivity contribution in [1.82, 2.24) is 14.3 Å². The molecule has 1 aromatic heterocycles. The molecule has 1 saturated heterocycles. The lowest BCUT2D eigenvalue weighted by Gasteiger charge is -2.37. The first-order valence-electron chi connectivity index (χ1n) is 12.5. The topological polar surface area (TPSA) is 61.8 Å². The summed E-state index contributed by atoms with van der Waals surface area (Å²) in [7, 11) is 1.67. The van der Waals surface area contributed by atoms with Gasteiger partial charge in [-0.25, -0.2) is 4.98 Å². The number of methoxy groups -OCH3 is 1. The lowest BCUT2D eigenvalue weighted by Crippen LogP contribution is -2.51. The largest absolute Gasteiger partial charge is 0.497 e. The van der Waals surface area contributed by atoms with Gasteiger partial charge in [0.2, 0.25) is 11.0 Å². The van der Waals surface area contributed by atoms with E-state index in [2.05, 4.69) is 50.6 Å². The van der Waals surface area contributed by atoms with E-state index in [1.54, 1.807) is 7.11 Å². The van der Waals surface area contributed by atoms with Crippen LogP contribution in [0, 0.1) is 0 Å². The summed E-state index contributed by atoms with van der Waals surface area (Å²) in [5, 5.41) is 0.778. The van der Waals surface area contributed by atoms with E-state index >= 15 is 0 Å². The van der Waals surface area contributed by atoms with Gasteiger partial charge >= 0.3 is 0 Å². The molecule has 7 nitrogen and oxygen atoms in total. The first-order chi connectivity index (χ1) is 18.2. The van der Waals surface area contributed by atoms with Crippen LogP contribution in [0.4, 0.5) is 10.8 Å². The number of aromatic nitrogens is 2. The third kappa shape index (κ3) is 6.46. The predicted octanol–water partition coefficient (Wildman–Crippen LogP) is 4.49. The van der Waals surface area contributed by atoms with Gasteiger partial charge in [-0.15, -0.1) is 0 Å². The Kier molecular flexibility index (Phi) is 7.96. The van der Waals surface area contributed by atoms with Crippen molar-refractivity contribution in [2.75, 3.05) is 49.6 Å². The lowest BCUT2D eigenvalue weighted by atomic mass is 10.1. The third-order valence-electron chi connectivity index (χ3n) is 6.55. The van der Waals surface area contributed by atoms with Crippen LogP contribution >= 0.6 is 11.5 Å². The maximum atomic E-state index is 13.4. The molecule has 190 valence electrons. The number of piperazine rings is 1. The minimum absolute atomic E-state index is 0.116. The predicted molar refractivity (Wildman–Crippen MR) is 148 cm³/mol. The molecule has 0 unspecified atom stereocenters. The molecule has 1 amide bonds. The van der Waals surface area contributed by atoms with E-state index in [0.717, 1.165) is 41.0 Å². The Hall–Kier alpha value is -3.91. The summed E-state index contributed by atoms with van der Waals surface area (Å²) in [5.41, 5.74) is 3.46. The molecule has 1 fully saturated rings. The Morgan fingerprint density at radius 2 is 1.54 bits per heavy atom. The van der Waals surface area contributed by atoms with Crippen molar-refractivity contribution in [2.24, 2.45) is 0 Å². The minimum Gasteiger partial charge on any atom is -0.497 e. The fraction of sp³-hybridized carbons (Fsp3) is 0.276. The van der Waals surface area contributed by atoms with E-state index in [9.17, 15) is 4.79 Å². The first kappa shape index (κ1) is 24.8. The molecule has 0 aliphatic carbocycles. The summed E-state index contributed by atoms with van der Waals surface area (Å²) in [4.78, 5) is 24.5. The van der Waals surface area contributed by atoms with Crippen LogP contribution in [0.1, 0.15) is 17.0 Å². The molecule has 4 aromatic rings. The fourth-order valence-corrected chi connectivity index (χ4v) is 5.17. The summed E-state index contributed by atoms with van der Waals surface area (Å²) < 4.78 is 9.87. The van der Waals surface area contributed by atoms with Gasteiger partial charge < -0.3 is 19.4 Å². The number of nitrogens with zero attached hydrogens (tertiary/aromatic N) is 5. The number of benzene rings is 3. The van der Waals surface area contributed by atoms with Gasteiger partial charge in [-0.3, -0.25) is 4.79 Å². The van der Waals surface area contributed by atoms with E-state index in [0.29, 0.717) is 26.1 Å². The highest BCUT2D eigenvalue weighted by molar-refractivity contribution is 7.09. The quantitative estimate of drug-likeness (QED) is 0.329. The molecule has 1 aliphatic heterocycles. The average Bonchev–Trinajstić information content (AvgIpc) is 3.42. The van der Waals surface area contributed by atoms with Gasteiger partial charge in [0.1, 0.15) is 11.6 Å². The van der Waals surface area contributed by atoms with E-state index in [-0.39, 0.29) is 12.5 Å². The molecule has 1 aliphatic rings. The van der Waals surface area contributed by atoms with Crippen molar-refractivity contribution in [2.45, 2.75) is 13.0 Å². The van der Waals surface area contributed by atoms with Crippen LogP contribution in [0.2, 0.25) is 0 Å². The number of rotatable bonds is 9.